The molecule has 0 aromatic heterocycles. The second-order valence-electron chi connectivity index (χ2n) is 4.69. The molecule has 1 fully saturated rings. The van der Waals surface area contributed by atoms with Gasteiger partial charge in [-0.2, -0.15) is 0 Å². The molecule has 2 rings (SSSR count). The molecule has 2 nitrogen and oxygen atoms in total. The summed E-state index contributed by atoms with van der Waals surface area (Å²) in [6.45, 7) is 1.31. The molecule has 1 heterocycles. The molecule has 2 N–H and O–H groups in total. The summed E-state index contributed by atoms with van der Waals surface area (Å²) >= 11 is 0. The summed E-state index contributed by atoms with van der Waals surface area (Å²) in [5, 5.41) is 2.53. The fourth-order valence-electron chi connectivity index (χ4n) is 2.45. The van der Waals surface area contributed by atoms with E-state index in [0.29, 0.717) is 0 Å². The molecular formula is C14H22NO+. The average Bonchev–Trinajstić information content (AvgIpc) is 2.59. The lowest BCUT2D eigenvalue weighted by Crippen LogP contribution is -2.90. The third-order valence-electron chi connectivity index (χ3n) is 3.44. The number of methoxy groups -OCH3 is 1. The smallest absolute Gasteiger partial charge is 0.118 e. The van der Waals surface area contributed by atoms with Gasteiger partial charge in [0.25, 0.3) is 0 Å². The number of benzene rings is 1. The molecule has 1 aliphatic rings. The summed E-state index contributed by atoms with van der Waals surface area (Å²) in [7, 11) is 1.72. The van der Waals surface area contributed by atoms with Crippen LogP contribution in [0.3, 0.4) is 0 Å². The highest BCUT2D eigenvalue weighted by atomic mass is 16.5. The van der Waals surface area contributed by atoms with Gasteiger partial charge in [-0.1, -0.05) is 12.1 Å². The Morgan fingerprint density at radius 2 is 2.00 bits per heavy atom. The second-order valence-corrected chi connectivity index (χ2v) is 4.69. The summed E-state index contributed by atoms with van der Waals surface area (Å²) in [6.07, 6.45) is 6.77. The summed E-state index contributed by atoms with van der Waals surface area (Å²) in [6, 6.07) is 9.30. The van der Waals surface area contributed by atoms with E-state index in [2.05, 4.69) is 29.6 Å². The van der Waals surface area contributed by atoms with Gasteiger partial charge in [-0.15, -0.1) is 0 Å². The lowest BCUT2D eigenvalue weighted by molar-refractivity contribution is -0.687. The Kier molecular flexibility index (Phi) is 4.23. The van der Waals surface area contributed by atoms with Crippen LogP contribution in [0.1, 0.15) is 31.2 Å². The first-order valence-corrected chi connectivity index (χ1v) is 6.35. The van der Waals surface area contributed by atoms with Crippen molar-refractivity contribution in [3.63, 3.8) is 0 Å². The van der Waals surface area contributed by atoms with Crippen LogP contribution < -0.4 is 10.1 Å². The zero-order valence-corrected chi connectivity index (χ0v) is 10.1. The molecule has 0 saturated carbocycles. The number of ether oxygens (including phenoxy) is 1. The Bertz CT molecular complexity index is 299. The van der Waals surface area contributed by atoms with E-state index in [1.807, 2.05) is 0 Å². The molecule has 0 amide bonds. The highest BCUT2D eigenvalue weighted by Crippen LogP contribution is 2.14. The molecule has 2 heteroatoms. The van der Waals surface area contributed by atoms with E-state index < -0.39 is 0 Å². The summed E-state index contributed by atoms with van der Waals surface area (Å²) in [5.74, 6) is 0.952. The van der Waals surface area contributed by atoms with Crippen molar-refractivity contribution < 1.29 is 10.1 Å². The fourth-order valence-corrected chi connectivity index (χ4v) is 2.45. The summed E-state index contributed by atoms with van der Waals surface area (Å²) in [5.41, 5.74) is 1.43. The molecule has 0 radical (unpaired) electrons. The van der Waals surface area contributed by atoms with E-state index in [1.54, 1.807) is 7.11 Å². The van der Waals surface area contributed by atoms with E-state index in [1.165, 1.54) is 44.2 Å². The fraction of sp³-hybridized carbons (Fsp3) is 0.571. The van der Waals surface area contributed by atoms with Gasteiger partial charge in [-0.05, 0) is 43.4 Å². The Morgan fingerprint density at radius 1 is 1.19 bits per heavy atom. The number of hydrogen-bond acceptors (Lipinski definition) is 1. The number of rotatable bonds is 3. The molecule has 1 aliphatic heterocycles. The standard InChI is InChI=1S/C14H21NO/c1-16-14-8-6-12(7-9-14)11-13-5-3-2-4-10-15-13/h6-9,13,15H,2-5,10-11H2,1H3/p+1/t13-/m0/s1. The van der Waals surface area contributed by atoms with Crippen LogP contribution in [0.4, 0.5) is 0 Å². The van der Waals surface area contributed by atoms with Gasteiger partial charge >= 0.3 is 0 Å². The Labute approximate surface area is 98.0 Å². The van der Waals surface area contributed by atoms with Crippen LogP contribution in [0.2, 0.25) is 0 Å². The number of hydrogen-bond donors (Lipinski definition) is 1. The van der Waals surface area contributed by atoms with Crippen LogP contribution in [0, 0.1) is 0 Å². The molecule has 1 aromatic rings. The van der Waals surface area contributed by atoms with Gasteiger partial charge in [0.15, 0.2) is 0 Å². The molecule has 1 atom stereocenters. The molecule has 16 heavy (non-hydrogen) atoms. The molecule has 88 valence electrons. The highest BCUT2D eigenvalue weighted by molar-refractivity contribution is 5.27. The Hall–Kier alpha value is -1.02. The maximum atomic E-state index is 5.17. The van der Waals surface area contributed by atoms with Gasteiger partial charge < -0.3 is 10.1 Å². The van der Waals surface area contributed by atoms with Gasteiger partial charge in [0.2, 0.25) is 0 Å². The predicted molar refractivity (Wildman–Crippen MR) is 65.7 cm³/mol. The predicted octanol–water partition coefficient (Wildman–Crippen LogP) is 1.74. The molecule has 1 saturated heterocycles. The molecule has 0 spiro atoms. The first-order chi connectivity index (χ1) is 7.88. The van der Waals surface area contributed by atoms with Crippen molar-refractivity contribution in [3.05, 3.63) is 29.8 Å². The van der Waals surface area contributed by atoms with Gasteiger partial charge in [0.1, 0.15) is 5.75 Å². The van der Waals surface area contributed by atoms with Gasteiger partial charge in [-0.3, -0.25) is 0 Å². The maximum Gasteiger partial charge on any atom is 0.118 e. The van der Waals surface area contributed by atoms with E-state index in [0.717, 1.165) is 11.8 Å². The van der Waals surface area contributed by atoms with Crippen LogP contribution in [0.5, 0.6) is 5.75 Å². The van der Waals surface area contributed by atoms with Crippen LogP contribution in [-0.2, 0) is 6.42 Å². The van der Waals surface area contributed by atoms with Gasteiger partial charge in [0.05, 0.1) is 19.7 Å². The van der Waals surface area contributed by atoms with E-state index in [4.69, 9.17) is 4.74 Å². The van der Waals surface area contributed by atoms with Crippen molar-refractivity contribution in [2.45, 2.75) is 38.1 Å². The van der Waals surface area contributed by atoms with Gasteiger partial charge in [-0.25, -0.2) is 0 Å². The normalized spacial score (nSPS) is 21.4. The monoisotopic (exact) mass is 220 g/mol. The molecule has 0 bridgehead atoms. The lowest BCUT2D eigenvalue weighted by atomic mass is 10.0. The van der Waals surface area contributed by atoms with Crippen molar-refractivity contribution in [2.24, 2.45) is 0 Å². The van der Waals surface area contributed by atoms with E-state index in [9.17, 15) is 0 Å². The van der Waals surface area contributed by atoms with Crippen molar-refractivity contribution in [2.75, 3.05) is 13.7 Å². The molecule has 0 unspecified atom stereocenters. The Morgan fingerprint density at radius 3 is 2.75 bits per heavy atom. The lowest BCUT2D eigenvalue weighted by Gasteiger charge is -2.12. The zero-order valence-electron chi connectivity index (χ0n) is 10.1. The minimum atomic E-state index is 0.788. The highest BCUT2D eigenvalue weighted by Gasteiger charge is 2.15. The van der Waals surface area contributed by atoms with Gasteiger partial charge in [0, 0.05) is 6.42 Å². The van der Waals surface area contributed by atoms with Crippen LogP contribution >= 0.6 is 0 Å². The van der Waals surface area contributed by atoms with E-state index >= 15 is 0 Å². The Balaban J connectivity index is 1.91. The van der Waals surface area contributed by atoms with Crippen molar-refractivity contribution in [1.82, 2.24) is 0 Å². The van der Waals surface area contributed by atoms with Crippen LogP contribution in [0.25, 0.3) is 0 Å². The topological polar surface area (TPSA) is 25.8 Å². The first kappa shape index (κ1) is 11.5. The van der Waals surface area contributed by atoms with Crippen LogP contribution in [0.15, 0.2) is 24.3 Å². The average molecular weight is 220 g/mol. The largest absolute Gasteiger partial charge is 0.497 e. The minimum Gasteiger partial charge on any atom is -0.497 e. The van der Waals surface area contributed by atoms with E-state index in [-0.39, 0.29) is 0 Å². The van der Waals surface area contributed by atoms with Crippen LogP contribution in [-0.4, -0.2) is 19.7 Å². The maximum absolute atomic E-state index is 5.17. The third kappa shape index (κ3) is 3.24. The third-order valence-corrected chi connectivity index (χ3v) is 3.44. The van der Waals surface area contributed by atoms with Crippen molar-refractivity contribution in [3.8, 4) is 5.75 Å². The van der Waals surface area contributed by atoms with Crippen molar-refractivity contribution >= 4 is 0 Å². The van der Waals surface area contributed by atoms with Crippen molar-refractivity contribution in [1.29, 1.82) is 0 Å². The minimum absolute atomic E-state index is 0.788. The summed E-state index contributed by atoms with van der Waals surface area (Å²) < 4.78 is 5.17. The zero-order chi connectivity index (χ0) is 11.2. The number of nitrogens with two attached hydrogens (primary N) is 1. The molecule has 0 aliphatic carbocycles. The second kappa shape index (κ2) is 5.90. The first-order valence-electron chi connectivity index (χ1n) is 6.35. The number of quaternary nitrogens is 1. The SMILES string of the molecule is COc1ccc(C[C@@H]2CCCCC[NH2+]2)cc1. The quantitative estimate of drug-likeness (QED) is 0.825. The summed E-state index contributed by atoms with van der Waals surface area (Å²) in [4.78, 5) is 0. The molecule has 1 aromatic carbocycles. The molecular weight excluding hydrogens is 198 g/mol.